The second kappa shape index (κ2) is 6.06. The van der Waals surface area contributed by atoms with Gasteiger partial charge in [0.05, 0.1) is 0 Å². The third-order valence-corrected chi connectivity index (χ3v) is 3.89. The Morgan fingerprint density at radius 3 is 2.71 bits per heavy atom. The Morgan fingerprint density at radius 2 is 2.00 bits per heavy atom. The molecule has 0 aliphatic carbocycles. The number of nitrogen functional groups attached to an aromatic ring is 1. The topological polar surface area (TPSA) is 29.3 Å². The summed E-state index contributed by atoms with van der Waals surface area (Å²) in [6.07, 6.45) is 6.62. The van der Waals surface area contributed by atoms with Gasteiger partial charge in [0.25, 0.3) is 0 Å². The highest BCUT2D eigenvalue weighted by atomic mass is 15.2. The number of anilines is 1. The zero-order valence-electron chi connectivity index (χ0n) is 10.9. The summed E-state index contributed by atoms with van der Waals surface area (Å²) in [5, 5.41) is 0. The first-order valence-corrected chi connectivity index (χ1v) is 6.88. The predicted octanol–water partition coefficient (Wildman–Crippen LogP) is 3.08. The first-order chi connectivity index (χ1) is 8.29. The van der Waals surface area contributed by atoms with Crippen molar-refractivity contribution in [3.8, 4) is 0 Å². The van der Waals surface area contributed by atoms with Gasteiger partial charge in [-0.1, -0.05) is 25.5 Å². The van der Waals surface area contributed by atoms with Crippen LogP contribution < -0.4 is 5.73 Å². The smallest absolute Gasteiger partial charge is 0.0314 e. The molecule has 1 saturated heterocycles. The summed E-state index contributed by atoms with van der Waals surface area (Å²) in [7, 11) is 0. The Labute approximate surface area is 105 Å². The van der Waals surface area contributed by atoms with E-state index in [1.807, 2.05) is 12.1 Å². The van der Waals surface area contributed by atoms with E-state index >= 15 is 0 Å². The number of hydrogen-bond donors (Lipinski definition) is 1. The first-order valence-electron chi connectivity index (χ1n) is 6.88. The first kappa shape index (κ1) is 12.4. The fraction of sp³-hybridized carbons (Fsp3) is 0.600. The normalized spacial score (nSPS) is 21.6. The zero-order valence-corrected chi connectivity index (χ0v) is 10.9. The van der Waals surface area contributed by atoms with Crippen LogP contribution in [0.3, 0.4) is 0 Å². The van der Waals surface area contributed by atoms with E-state index in [4.69, 9.17) is 5.73 Å². The Kier molecular flexibility index (Phi) is 4.43. The molecule has 1 atom stereocenters. The molecule has 1 fully saturated rings. The fourth-order valence-corrected chi connectivity index (χ4v) is 2.77. The Balaban J connectivity index is 1.86. The summed E-state index contributed by atoms with van der Waals surface area (Å²) in [5.41, 5.74) is 7.96. The van der Waals surface area contributed by atoms with Crippen molar-refractivity contribution in [3.63, 3.8) is 0 Å². The lowest BCUT2D eigenvalue weighted by Gasteiger charge is -2.35. The zero-order chi connectivity index (χ0) is 12.1. The van der Waals surface area contributed by atoms with Crippen LogP contribution >= 0.6 is 0 Å². The van der Waals surface area contributed by atoms with E-state index in [1.165, 1.54) is 44.3 Å². The van der Waals surface area contributed by atoms with Gasteiger partial charge in [-0.05, 0) is 49.9 Å². The van der Waals surface area contributed by atoms with Crippen molar-refractivity contribution < 1.29 is 0 Å². The second-order valence-electron chi connectivity index (χ2n) is 5.09. The van der Waals surface area contributed by atoms with Gasteiger partial charge in [0.1, 0.15) is 0 Å². The Hall–Kier alpha value is -1.02. The van der Waals surface area contributed by atoms with Gasteiger partial charge in [-0.15, -0.1) is 0 Å². The summed E-state index contributed by atoms with van der Waals surface area (Å²) in [6.45, 7) is 4.79. The number of nitrogens with two attached hydrogens (primary N) is 1. The molecule has 1 aliphatic heterocycles. The van der Waals surface area contributed by atoms with Crippen LogP contribution in [0.5, 0.6) is 0 Å². The third-order valence-electron chi connectivity index (χ3n) is 3.89. The minimum atomic E-state index is 0.817. The summed E-state index contributed by atoms with van der Waals surface area (Å²) >= 11 is 0. The van der Waals surface area contributed by atoms with Crippen molar-refractivity contribution in [1.82, 2.24) is 4.90 Å². The van der Waals surface area contributed by atoms with E-state index in [2.05, 4.69) is 24.0 Å². The largest absolute Gasteiger partial charge is 0.399 e. The molecule has 2 heteroatoms. The molecule has 0 spiro atoms. The van der Waals surface area contributed by atoms with Gasteiger partial charge in [-0.3, -0.25) is 0 Å². The second-order valence-corrected chi connectivity index (χ2v) is 5.09. The molecule has 17 heavy (non-hydrogen) atoms. The summed E-state index contributed by atoms with van der Waals surface area (Å²) in [6, 6.07) is 9.13. The van der Waals surface area contributed by atoms with Gasteiger partial charge in [-0.25, -0.2) is 0 Å². The number of hydrogen-bond acceptors (Lipinski definition) is 2. The third kappa shape index (κ3) is 3.47. The molecule has 1 aromatic rings. The molecule has 0 amide bonds. The van der Waals surface area contributed by atoms with Crippen LogP contribution in [0, 0.1) is 0 Å². The summed E-state index contributed by atoms with van der Waals surface area (Å²) < 4.78 is 0. The number of nitrogens with zero attached hydrogens (tertiary/aromatic N) is 1. The van der Waals surface area contributed by atoms with E-state index < -0.39 is 0 Å². The highest BCUT2D eigenvalue weighted by molar-refractivity contribution is 5.39. The monoisotopic (exact) mass is 232 g/mol. The molecule has 1 heterocycles. The van der Waals surface area contributed by atoms with E-state index in [0.29, 0.717) is 0 Å². The molecule has 2 N–H and O–H groups in total. The van der Waals surface area contributed by atoms with Crippen molar-refractivity contribution in [2.45, 2.75) is 45.1 Å². The number of benzene rings is 1. The molecule has 1 aromatic carbocycles. The minimum Gasteiger partial charge on any atom is -0.399 e. The number of piperidine rings is 1. The van der Waals surface area contributed by atoms with Crippen molar-refractivity contribution in [1.29, 1.82) is 0 Å². The summed E-state index contributed by atoms with van der Waals surface area (Å²) in [5.74, 6) is 0. The quantitative estimate of drug-likeness (QED) is 0.808. The minimum absolute atomic E-state index is 0.817. The molecule has 0 radical (unpaired) electrons. The standard InChI is InChI=1S/C15H24N2/c1-2-15-5-3-4-11-17(15)12-10-13-6-8-14(16)9-7-13/h6-9,15H,2-5,10-12,16H2,1H3. The van der Waals surface area contributed by atoms with Gasteiger partial charge in [0.2, 0.25) is 0 Å². The lowest BCUT2D eigenvalue weighted by molar-refractivity contribution is 0.146. The molecule has 2 rings (SSSR count). The highest BCUT2D eigenvalue weighted by Crippen LogP contribution is 2.19. The molecule has 1 aliphatic rings. The Bertz CT molecular complexity index is 331. The molecular formula is C15H24N2. The molecule has 94 valence electrons. The van der Waals surface area contributed by atoms with E-state index in [-0.39, 0.29) is 0 Å². The maximum atomic E-state index is 5.70. The molecular weight excluding hydrogens is 208 g/mol. The van der Waals surface area contributed by atoms with Crippen LogP contribution in [0.2, 0.25) is 0 Å². The average molecular weight is 232 g/mol. The van der Waals surface area contributed by atoms with Gasteiger partial charge in [-0.2, -0.15) is 0 Å². The molecule has 0 saturated carbocycles. The van der Waals surface area contributed by atoms with Gasteiger partial charge >= 0.3 is 0 Å². The lowest BCUT2D eigenvalue weighted by Crippen LogP contribution is -2.40. The van der Waals surface area contributed by atoms with E-state index in [9.17, 15) is 0 Å². The van der Waals surface area contributed by atoms with Crippen molar-refractivity contribution in [2.75, 3.05) is 18.8 Å². The molecule has 0 bridgehead atoms. The van der Waals surface area contributed by atoms with Gasteiger partial charge in [0.15, 0.2) is 0 Å². The lowest BCUT2D eigenvalue weighted by atomic mass is 9.99. The predicted molar refractivity (Wildman–Crippen MR) is 74.1 cm³/mol. The maximum absolute atomic E-state index is 5.70. The van der Waals surface area contributed by atoms with Crippen molar-refractivity contribution >= 4 is 5.69 Å². The Morgan fingerprint density at radius 1 is 1.24 bits per heavy atom. The van der Waals surface area contributed by atoms with Crippen LogP contribution in [0.15, 0.2) is 24.3 Å². The van der Waals surface area contributed by atoms with Crippen LogP contribution in [0.1, 0.15) is 38.2 Å². The van der Waals surface area contributed by atoms with E-state index in [1.54, 1.807) is 0 Å². The SMILES string of the molecule is CCC1CCCCN1CCc1ccc(N)cc1. The van der Waals surface area contributed by atoms with Crippen molar-refractivity contribution in [3.05, 3.63) is 29.8 Å². The maximum Gasteiger partial charge on any atom is 0.0314 e. The molecule has 2 nitrogen and oxygen atoms in total. The molecule has 0 aromatic heterocycles. The van der Waals surface area contributed by atoms with Crippen LogP contribution in [-0.2, 0) is 6.42 Å². The highest BCUT2D eigenvalue weighted by Gasteiger charge is 2.19. The number of rotatable bonds is 4. The van der Waals surface area contributed by atoms with E-state index in [0.717, 1.165) is 18.2 Å². The van der Waals surface area contributed by atoms with Gasteiger partial charge < -0.3 is 10.6 Å². The van der Waals surface area contributed by atoms with Gasteiger partial charge in [0, 0.05) is 18.3 Å². The van der Waals surface area contributed by atoms with Crippen LogP contribution in [0.4, 0.5) is 5.69 Å². The average Bonchev–Trinajstić information content (AvgIpc) is 2.38. The summed E-state index contributed by atoms with van der Waals surface area (Å²) in [4.78, 5) is 2.67. The van der Waals surface area contributed by atoms with Crippen molar-refractivity contribution in [2.24, 2.45) is 0 Å². The fourth-order valence-electron chi connectivity index (χ4n) is 2.77. The van der Waals surface area contributed by atoms with Crippen LogP contribution in [0.25, 0.3) is 0 Å². The molecule has 1 unspecified atom stereocenters. The number of likely N-dealkylation sites (tertiary alicyclic amines) is 1. The van der Waals surface area contributed by atoms with Crippen LogP contribution in [-0.4, -0.2) is 24.0 Å².